The second-order valence-electron chi connectivity index (χ2n) is 4.33. The molecule has 4 nitrogen and oxygen atoms in total. The standard InChI is InChI=1S/C15H14N4S/c1-10-17-13(9-20-10)15-18-12(8-14(16-2)19-15)11-6-4-3-5-7-11/h3-9H,1-2H3,(H,16,18,19). The zero-order valence-corrected chi connectivity index (χ0v) is 12.1. The Morgan fingerprint density at radius 1 is 1.00 bits per heavy atom. The van der Waals surface area contributed by atoms with Crippen molar-refractivity contribution >= 4 is 17.2 Å². The fourth-order valence-corrected chi connectivity index (χ4v) is 2.50. The van der Waals surface area contributed by atoms with Crippen molar-refractivity contribution in [2.24, 2.45) is 0 Å². The molecule has 100 valence electrons. The first-order valence-corrected chi connectivity index (χ1v) is 7.19. The zero-order chi connectivity index (χ0) is 13.9. The number of anilines is 1. The van der Waals surface area contributed by atoms with Gasteiger partial charge in [-0.3, -0.25) is 0 Å². The van der Waals surface area contributed by atoms with Crippen molar-refractivity contribution in [3.05, 3.63) is 46.8 Å². The van der Waals surface area contributed by atoms with Crippen LogP contribution in [0.1, 0.15) is 5.01 Å². The van der Waals surface area contributed by atoms with Gasteiger partial charge in [-0.15, -0.1) is 11.3 Å². The molecule has 2 heterocycles. The molecule has 1 aromatic carbocycles. The predicted molar refractivity (Wildman–Crippen MR) is 82.9 cm³/mol. The molecule has 0 aliphatic heterocycles. The molecular weight excluding hydrogens is 268 g/mol. The molecule has 0 atom stereocenters. The number of benzene rings is 1. The topological polar surface area (TPSA) is 50.7 Å². The Morgan fingerprint density at radius 3 is 2.45 bits per heavy atom. The van der Waals surface area contributed by atoms with Gasteiger partial charge in [0, 0.05) is 24.1 Å². The average molecular weight is 282 g/mol. The van der Waals surface area contributed by atoms with Crippen LogP contribution < -0.4 is 5.32 Å². The lowest BCUT2D eigenvalue weighted by Crippen LogP contribution is -1.99. The molecule has 3 aromatic rings. The Bertz CT molecular complexity index is 722. The summed E-state index contributed by atoms with van der Waals surface area (Å²) < 4.78 is 0. The molecule has 0 saturated heterocycles. The van der Waals surface area contributed by atoms with Gasteiger partial charge in [-0.1, -0.05) is 30.3 Å². The molecule has 5 heteroatoms. The fraction of sp³-hybridized carbons (Fsp3) is 0.133. The first-order valence-electron chi connectivity index (χ1n) is 6.31. The van der Waals surface area contributed by atoms with Crippen LogP contribution in [0.4, 0.5) is 5.82 Å². The normalized spacial score (nSPS) is 10.5. The van der Waals surface area contributed by atoms with Crippen molar-refractivity contribution in [3.63, 3.8) is 0 Å². The summed E-state index contributed by atoms with van der Waals surface area (Å²) in [7, 11) is 1.85. The molecule has 0 unspecified atom stereocenters. The first kappa shape index (κ1) is 12.7. The molecule has 0 amide bonds. The van der Waals surface area contributed by atoms with Crippen molar-refractivity contribution in [2.75, 3.05) is 12.4 Å². The third-order valence-electron chi connectivity index (χ3n) is 2.90. The Labute approximate surface area is 121 Å². The van der Waals surface area contributed by atoms with Crippen molar-refractivity contribution in [1.29, 1.82) is 0 Å². The van der Waals surface area contributed by atoms with Gasteiger partial charge >= 0.3 is 0 Å². The molecule has 0 fully saturated rings. The molecule has 1 N–H and O–H groups in total. The van der Waals surface area contributed by atoms with Crippen molar-refractivity contribution in [3.8, 4) is 22.8 Å². The van der Waals surface area contributed by atoms with E-state index in [9.17, 15) is 0 Å². The highest BCUT2D eigenvalue weighted by Gasteiger charge is 2.10. The highest BCUT2D eigenvalue weighted by Crippen LogP contribution is 2.24. The lowest BCUT2D eigenvalue weighted by atomic mass is 10.1. The minimum Gasteiger partial charge on any atom is -0.373 e. The minimum absolute atomic E-state index is 0.653. The Morgan fingerprint density at radius 2 is 1.80 bits per heavy atom. The van der Waals surface area contributed by atoms with E-state index in [1.54, 1.807) is 11.3 Å². The minimum atomic E-state index is 0.653. The predicted octanol–water partition coefficient (Wildman–Crippen LogP) is 3.62. The van der Waals surface area contributed by atoms with Crippen LogP contribution in [0.15, 0.2) is 41.8 Å². The molecule has 0 aliphatic carbocycles. The van der Waals surface area contributed by atoms with E-state index in [1.165, 1.54) is 0 Å². The summed E-state index contributed by atoms with van der Waals surface area (Å²) in [6, 6.07) is 12.0. The van der Waals surface area contributed by atoms with Gasteiger partial charge in [0.1, 0.15) is 11.5 Å². The molecule has 0 aliphatic rings. The van der Waals surface area contributed by atoms with Crippen LogP contribution >= 0.6 is 11.3 Å². The van der Waals surface area contributed by atoms with Crippen LogP contribution in [-0.2, 0) is 0 Å². The second-order valence-corrected chi connectivity index (χ2v) is 5.39. The molecule has 0 radical (unpaired) electrons. The Kier molecular flexibility index (Phi) is 3.43. The van der Waals surface area contributed by atoms with Gasteiger partial charge in [0.05, 0.1) is 10.7 Å². The van der Waals surface area contributed by atoms with Crippen molar-refractivity contribution in [2.45, 2.75) is 6.92 Å². The van der Waals surface area contributed by atoms with Crippen LogP contribution in [0.25, 0.3) is 22.8 Å². The van der Waals surface area contributed by atoms with Gasteiger partial charge in [0.15, 0.2) is 5.82 Å². The highest BCUT2D eigenvalue weighted by molar-refractivity contribution is 7.09. The smallest absolute Gasteiger partial charge is 0.181 e. The summed E-state index contributed by atoms with van der Waals surface area (Å²) in [6.45, 7) is 1.98. The third kappa shape index (κ3) is 2.53. The fourth-order valence-electron chi connectivity index (χ4n) is 1.91. The van der Waals surface area contributed by atoms with E-state index >= 15 is 0 Å². The maximum atomic E-state index is 4.63. The molecular formula is C15H14N4S. The summed E-state index contributed by atoms with van der Waals surface area (Å²) >= 11 is 1.60. The van der Waals surface area contributed by atoms with Gasteiger partial charge in [-0.25, -0.2) is 15.0 Å². The lowest BCUT2D eigenvalue weighted by Gasteiger charge is -2.06. The summed E-state index contributed by atoms with van der Waals surface area (Å²) in [5.41, 5.74) is 2.78. The monoisotopic (exact) mass is 282 g/mol. The summed E-state index contributed by atoms with van der Waals surface area (Å²) in [5.74, 6) is 1.44. The van der Waals surface area contributed by atoms with E-state index in [1.807, 2.05) is 55.7 Å². The van der Waals surface area contributed by atoms with E-state index in [2.05, 4.69) is 20.3 Å². The van der Waals surface area contributed by atoms with Crippen molar-refractivity contribution < 1.29 is 0 Å². The van der Waals surface area contributed by atoms with Gasteiger partial charge in [-0.05, 0) is 6.92 Å². The quantitative estimate of drug-likeness (QED) is 0.797. The maximum absolute atomic E-state index is 4.63. The number of nitrogens with zero attached hydrogens (tertiary/aromatic N) is 3. The number of rotatable bonds is 3. The SMILES string of the molecule is CNc1cc(-c2ccccc2)nc(-c2csc(C)n2)n1. The molecule has 2 aromatic heterocycles. The number of thiazole rings is 1. The first-order chi connectivity index (χ1) is 9.76. The summed E-state index contributed by atoms with van der Waals surface area (Å²) in [4.78, 5) is 13.6. The van der Waals surface area contributed by atoms with E-state index in [0.717, 1.165) is 27.8 Å². The zero-order valence-electron chi connectivity index (χ0n) is 11.3. The summed E-state index contributed by atoms with van der Waals surface area (Å²) in [5, 5.41) is 6.08. The van der Waals surface area contributed by atoms with E-state index in [0.29, 0.717) is 5.82 Å². The summed E-state index contributed by atoms with van der Waals surface area (Å²) in [6.07, 6.45) is 0. The van der Waals surface area contributed by atoms with E-state index in [-0.39, 0.29) is 0 Å². The number of aryl methyl sites for hydroxylation is 1. The van der Waals surface area contributed by atoms with E-state index < -0.39 is 0 Å². The number of hydrogen-bond acceptors (Lipinski definition) is 5. The van der Waals surface area contributed by atoms with Crippen LogP contribution in [0, 0.1) is 6.92 Å². The number of aromatic nitrogens is 3. The Hall–Kier alpha value is -2.27. The third-order valence-corrected chi connectivity index (χ3v) is 3.67. The Balaban J connectivity index is 2.12. The molecule has 0 bridgehead atoms. The molecule has 0 spiro atoms. The van der Waals surface area contributed by atoms with Crippen LogP contribution in [-0.4, -0.2) is 22.0 Å². The van der Waals surface area contributed by atoms with Crippen LogP contribution in [0.3, 0.4) is 0 Å². The van der Waals surface area contributed by atoms with Gasteiger partial charge in [0.2, 0.25) is 0 Å². The van der Waals surface area contributed by atoms with Crippen LogP contribution in [0.5, 0.6) is 0 Å². The average Bonchev–Trinajstić information content (AvgIpc) is 2.94. The van der Waals surface area contributed by atoms with Gasteiger partial charge < -0.3 is 5.32 Å². The van der Waals surface area contributed by atoms with Gasteiger partial charge in [-0.2, -0.15) is 0 Å². The number of hydrogen-bond donors (Lipinski definition) is 1. The van der Waals surface area contributed by atoms with Gasteiger partial charge in [0.25, 0.3) is 0 Å². The van der Waals surface area contributed by atoms with E-state index in [4.69, 9.17) is 0 Å². The lowest BCUT2D eigenvalue weighted by molar-refractivity contribution is 1.14. The second kappa shape index (κ2) is 5.38. The molecule has 0 saturated carbocycles. The van der Waals surface area contributed by atoms with Crippen LogP contribution in [0.2, 0.25) is 0 Å². The number of nitrogens with one attached hydrogen (secondary N) is 1. The molecule has 20 heavy (non-hydrogen) atoms. The molecule has 3 rings (SSSR count). The largest absolute Gasteiger partial charge is 0.373 e. The maximum Gasteiger partial charge on any atom is 0.181 e. The van der Waals surface area contributed by atoms with Crippen molar-refractivity contribution in [1.82, 2.24) is 15.0 Å². The highest BCUT2D eigenvalue weighted by atomic mass is 32.1.